The van der Waals surface area contributed by atoms with Gasteiger partial charge in [-0.25, -0.2) is 9.97 Å². The molecular weight excluding hydrogens is 436 g/mol. The van der Waals surface area contributed by atoms with Crippen molar-refractivity contribution >= 4 is 52.6 Å². The molecule has 1 aliphatic carbocycles. The first-order valence-electron chi connectivity index (χ1n) is 9.26. The highest BCUT2D eigenvalue weighted by Gasteiger charge is 2.14. The van der Waals surface area contributed by atoms with E-state index in [0.29, 0.717) is 5.15 Å². The Labute approximate surface area is 189 Å². The van der Waals surface area contributed by atoms with Crippen LogP contribution in [-0.2, 0) is 4.79 Å². The number of pyridine rings is 1. The van der Waals surface area contributed by atoms with Crippen LogP contribution in [0.25, 0.3) is 16.0 Å². The molecule has 4 rings (SSSR count). The summed E-state index contributed by atoms with van der Waals surface area (Å²) in [5.41, 5.74) is 8.22. The first-order valence-corrected chi connectivity index (χ1v) is 11.3. The van der Waals surface area contributed by atoms with Crippen molar-refractivity contribution in [1.29, 1.82) is 0 Å². The summed E-state index contributed by atoms with van der Waals surface area (Å²) in [6.07, 6.45) is 10.9. The largest absolute Gasteiger partial charge is 0.372 e. The zero-order valence-electron chi connectivity index (χ0n) is 16.3. The van der Waals surface area contributed by atoms with E-state index in [4.69, 9.17) is 21.4 Å². The normalized spacial score (nSPS) is 12.5. The molecule has 0 saturated carbocycles. The second-order valence-corrected chi connectivity index (χ2v) is 8.53. The average molecular weight is 457 g/mol. The lowest BCUT2D eigenvalue weighted by Crippen LogP contribution is -1.91. The Morgan fingerprint density at radius 1 is 1.27 bits per heavy atom. The molecule has 1 aliphatic rings. The third kappa shape index (κ3) is 5.72. The number of nitrogens with zero attached hydrogens (tertiary/aromatic N) is 2. The summed E-state index contributed by atoms with van der Waals surface area (Å²) in [5, 5.41) is 1.52. The van der Waals surface area contributed by atoms with E-state index in [1.54, 1.807) is 11.3 Å². The van der Waals surface area contributed by atoms with Gasteiger partial charge in [0.2, 0.25) is 6.41 Å². The summed E-state index contributed by atoms with van der Waals surface area (Å²) in [6.45, 7) is 2.04. The number of hydrogen-bond donors (Lipinski definition) is 2. The molecule has 30 heavy (non-hydrogen) atoms. The van der Waals surface area contributed by atoms with Gasteiger partial charge in [-0.15, -0.1) is 11.3 Å². The number of thiazole rings is 1. The highest BCUT2D eigenvalue weighted by molar-refractivity contribution is 8.00. The van der Waals surface area contributed by atoms with Gasteiger partial charge in [-0.05, 0) is 49.9 Å². The molecule has 1 amide bonds. The van der Waals surface area contributed by atoms with Crippen LogP contribution in [0.5, 0.6) is 0 Å². The Bertz CT molecular complexity index is 1060. The molecule has 154 valence electrons. The number of benzene rings is 1. The maximum Gasteiger partial charge on any atom is 0.204 e. The third-order valence-corrected chi connectivity index (χ3v) is 6.55. The van der Waals surface area contributed by atoms with Crippen LogP contribution in [0.1, 0.15) is 23.5 Å². The second kappa shape index (κ2) is 11.0. The van der Waals surface area contributed by atoms with E-state index in [1.165, 1.54) is 17.5 Å². The molecule has 8 heteroatoms. The smallest absolute Gasteiger partial charge is 0.204 e. The number of nitrogens with one attached hydrogen (secondary N) is 1. The average Bonchev–Trinajstić information content (AvgIpc) is 3.17. The summed E-state index contributed by atoms with van der Waals surface area (Å²) < 4.78 is 3.31. The Morgan fingerprint density at radius 3 is 2.73 bits per heavy atom. The molecule has 3 N–H and O–H groups in total. The quantitative estimate of drug-likeness (QED) is 0.274. The number of anilines is 1. The first kappa shape index (κ1) is 22.1. The van der Waals surface area contributed by atoms with Crippen molar-refractivity contribution in [3.63, 3.8) is 0 Å². The summed E-state index contributed by atoms with van der Waals surface area (Å²) in [7, 11) is 0. The number of aromatic nitrogens is 2. The minimum absolute atomic E-state index is 0.250. The predicted molar refractivity (Wildman–Crippen MR) is 128 cm³/mol. The minimum Gasteiger partial charge on any atom is -0.372 e. The maximum atomic E-state index is 8.58. The number of aryl methyl sites for hydroxylation is 1. The number of primary amides is 1. The lowest BCUT2D eigenvalue weighted by molar-refractivity contribution is -0.106. The van der Waals surface area contributed by atoms with E-state index >= 15 is 0 Å². The van der Waals surface area contributed by atoms with Crippen molar-refractivity contribution in [2.24, 2.45) is 5.73 Å². The fourth-order valence-corrected chi connectivity index (χ4v) is 4.76. The van der Waals surface area contributed by atoms with Crippen LogP contribution in [-0.4, -0.2) is 16.4 Å². The Hall–Kier alpha value is -2.61. The number of rotatable bonds is 5. The van der Waals surface area contributed by atoms with Crippen molar-refractivity contribution in [1.82, 2.24) is 9.97 Å². The van der Waals surface area contributed by atoms with Gasteiger partial charge in [0.15, 0.2) is 5.15 Å². The van der Waals surface area contributed by atoms with Crippen LogP contribution < -0.4 is 10.5 Å². The van der Waals surface area contributed by atoms with Gasteiger partial charge in [-0.2, -0.15) is 0 Å². The van der Waals surface area contributed by atoms with E-state index in [0.717, 1.165) is 44.6 Å². The summed E-state index contributed by atoms with van der Waals surface area (Å²) in [6, 6.07) is 12.2. The monoisotopic (exact) mass is 456 g/mol. The van der Waals surface area contributed by atoms with Crippen LogP contribution in [0.4, 0.5) is 5.69 Å². The molecule has 3 aromatic rings. The number of allylic oxidation sites excluding steroid dienone is 4. The van der Waals surface area contributed by atoms with Crippen molar-refractivity contribution in [2.45, 2.75) is 24.7 Å². The van der Waals surface area contributed by atoms with E-state index < -0.39 is 0 Å². The topological polar surface area (TPSA) is 80.9 Å². The molecular formula is C22H21ClN4OS2. The molecule has 0 bridgehead atoms. The van der Waals surface area contributed by atoms with Gasteiger partial charge in [0.25, 0.3) is 0 Å². The highest BCUT2D eigenvalue weighted by atomic mass is 35.5. The number of halogens is 1. The molecule has 0 unspecified atom stereocenters. The van der Waals surface area contributed by atoms with Gasteiger partial charge in [-0.1, -0.05) is 48.0 Å². The van der Waals surface area contributed by atoms with E-state index in [1.807, 2.05) is 49.5 Å². The number of carbonyl (C=O) groups is 1. The van der Waals surface area contributed by atoms with Crippen LogP contribution in [0.15, 0.2) is 65.7 Å². The van der Waals surface area contributed by atoms with Gasteiger partial charge < -0.3 is 10.5 Å². The lowest BCUT2D eigenvalue weighted by atomic mass is 10.1. The molecule has 0 spiro atoms. The molecule has 0 atom stereocenters. The second-order valence-electron chi connectivity index (χ2n) is 6.29. The number of nitrogens with two attached hydrogens (primary N) is 1. The molecule has 1 aromatic carbocycles. The number of hydrogen-bond acceptors (Lipinski definition) is 6. The fraction of sp³-hybridized carbons (Fsp3) is 0.136. The highest BCUT2D eigenvalue weighted by Crippen LogP contribution is 2.37. The Kier molecular flexibility index (Phi) is 8.07. The van der Waals surface area contributed by atoms with E-state index in [-0.39, 0.29) is 6.41 Å². The zero-order valence-corrected chi connectivity index (χ0v) is 18.7. The number of carbonyl (C=O) groups excluding carboxylic acids is 1. The van der Waals surface area contributed by atoms with Crippen LogP contribution >= 0.6 is 34.9 Å². The van der Waals surface area contributed by atoms with Gasteiger partial charge >= 0.3 is 0 Å². The molecule has 2 aromatic heterocycles. The summed E-state index contributed by atoms with van der Waals surface area (Å²) >= 11 is 9.52. The van der Waals surface area contributed by atoms with Gasteiger partial charge in [-0.3, -0.25) is 4.79 Å². The fourth-order valence-electron chi connectivity index (χ4n) is 2.81. The lowest BCUT2D eigenvalue weighted by Gasteiger charge is -2.08. The van der Waals surface area contributed by atoms with Gasteiger partial charge in [0, 0.05) is 22.2 Å². The standard InChI is InChI=1S/C21H18ClN3S2.CH3NO/c1-14-19(26-21(24-14)15-8-4-2-5-9-15)16-12-18(20(22)23-13-16)25-27-17-10-6-3-7-11-17;2-1-3/h3-4,6-13,25H,2,5H2,1H3;1H,(H2,2,3). The molecule has 0 fully saturated rings. The molecule has 0 aliphatic heterocycles. The summed E-state index contributed by atoms with van der Waals surface area (Å²) in [5.74, 6) is 0. The first-order chi connectivity index (χ1) is 14.6. The predicted octanol–water partition coefficient (Wildman–Crippen LogP) is 6.12. The molecule has 0 radical (unpaired) electrons. The summed E-state index contributed by atoms with van der Waals surface area (Å²) in [4.78, 5) is 20.0. The van der Waals surface area contributed by atoms with Crippen LogP contribution in [0, 0.1) is 6.92 Å². The number of amides is 1. The minimum atomic E-state index is 0.250. The van der Waals surface area contributed by atoms with Crippen molar-refractivity contribution in [3.8, 4) is 10.4 Å². The third-order valence-electron chi connectivity index (χ3n) is 4.16. The molecule has 0 saturated heterocycles. The Morgan fingerprint density at radius 2 is 2.03 bits per heavy atom. The van der Waals surface area contributed by atoms with Crippen LogP contribution in [0.2, 0.25) is 5.15 Å². The van der Waals surface area contributed by atoms with Gasteiger partial charge in [0.1, 0.15) is 5.01 Å². The SMILES string of the molecule is Cc1nc(C2=CCCC=C2)sc1-c1cnc(Cl)c(NSc2ccccc2)c1.NC=O. The van der Waals surface area contributed by atoms with Crippen LogP contribution in [0.3, 0.4) is 0 Å². The molecule has 2 heterocycles. The van der Waals surface area contributed by atoms with Crippen molar-refractivity contribution < 1.29 is 4.79 Å². The zero-order chi connectivity index (χ0) is 21.3. The van der Waals surface area contributed by atoms with Gasteiger partial charge in [0.05, 0.1) is 16.3 Å². The maximum absolute atomic E-state index is 8.58. The van der Waals surface area contributed by atoms with E-state index in [2.05, 4.69) is 33.7 Å². The Balaban J connectivity index is 0.000000806. The van der Waals surface area contributed by atoms with Crippen molar-refractivity contribution in [3.05, 3.63) is 76.7 Å². The van der Waals surface area contributed by atoms with E-state index in [9.17, 15) is 0 Å². The molecule has 5 nitrogen and oxygen atoms in total. The van der Waals surface area contributed by atoms with Crippen molar-refractivity contribution in [2.75, 3.05) is 4.72 Å².